The van der Waals surface area contributed by atoms with Gasteiger partial charge in [0.15, 0.2) is 5.82 Å². The zero-order chi connectivity index (χ0) is 23.6. The molecule has 14 heteroatoms. The van der Waals surface area contributed by atoms with Gasteiger partial charge in [0.2, 0.25) is 0 Å². The van der Waals surface area contributed by atoms with Crippen molar-refractivity contribution < 1.29 is 37.8 Å². The molecule has 4 rings (SSSR count). The molecular weight excluding hydrogens is 437 g/mol. The number of carboxylic acids is 2. The van der Waals surface area contributed by atoms with E-state index in [9.17, 15) is 27.9 Å². The van der Waals surface area contributed by atoms with Crippen LogP contribution in [0, 0.1) is 6.92 Å². The van der Waals surface area contributed by atoms with Gasteiger partial charge in [-0.15, -0.1) is 10.2 Å². The number of carboxylic acid groups (broad SMARTS) is 2. The minimum atomic E-state index is -5.08. The summed E-state index contributed by atoms with van der Waals surface area (Å²) in [4.78, 5) is 39.5. The Bertz CT molecular complexity index is 1030. The highest BCUT2D eigenvalue weighted by molar-refractivity contribution is 5.95. The van der Waals surface area contributed by atoms with Crippen LogP contribution in [0.25, 0.3) is 0 Å². The van der Waals surface area contributed by atoms with Gasteiger partial charge in [0, 0.05) is 13.0 Å². The molecule has 0 fully saturated rings. The Morgan fingerprint density at radius 3 is 2.38 bits per heavy atom. The number of hydrogen-bond donors (Lipinski definition) is 2. The lowest BCUT2D eigenvalue weighted by Crippen LogP contribution is -2.51. The Morgan fingerprint density at radius 1 is 1.06 bits per heavy atom. The highest BCUT2D eigenvalue weighted by Crippen LogP contribution is 2.23. The van der Waals surface area contributed by atoms with Gasteiger partial charge in [-0.05, 0) is 19.8 Å². The molecule has 0 aliphatic carbocycles. The van der Waals surface area contributed by atoms with E-state index in [1.165, 1.54) is 4.90 Å². The summed E-state index contributed by atoms with van der Waals surface area (Å²) in [7, 11) is 0. The van der Waals surface area contributed by atoms with Crippen LogP contribution in [0.1, 0.15) is 47.2 Å². The van der Waals surface area contributed by atoms with Crippen LogP contribution in [0.5, 0.6) is 0 Å². The lowest BCUT2D eigenvalue weighted by atomic mass is 10.1. The maximum atomic E-state index is 13.1. The van der Waals surface area contributed by atoms with Gasteiger partial charge in [0.1, 0.15) is 23.4 Å². The van der Waals surface area contributed by atoms with Crippen molar-refractivity contribution in [2.75, 3.05) is 0 Å². The number of aliphatic carboxylic acids is 2. The summed E-state index contributed by atoms with van der Waals surface area (Å²) in [6.07, 6.45) is 0.518. The normalized spacial score (nSPS) is 18.0. The maximum absolute atomic E-state index is 13.1. The Labute approximate surface area is 179 Å². The monoisotopic (exact) mass is 458 g/mol. The Balaban J connectivity index is 0.000000360. The lowest BCUT2D eigenvalue weighted by Gasteiger charge is -2.33. The van der Waals surface area contributed by atoms with E-state index in [0.29, 0.717) is 17.3 Å². The molecule has 2 aliphatic rings. The lowest BCUT2D eigenvalue weighted by molar-refractivity contribution is -0.192. The van der Waals surface area contributed by atoms with Crippen LogP contribution < -0.4 is 0 Å². The second-order valence-electron chi connectivity index (χ2n) is 7.39. The maximum Gasteiger partial charge on any atom is 0.490 e. The van der Waals surface area contributed by atoms with Crippen molar-refractivity contribution in [2.45, 2.75) is 64.5 Å². The fourth-order valence-corrected chi connectivity index (χ4v) is 3.65. The molecule has 174 valence electrons. The van der Waals surface area contributed by atoms with E-state index in [0.717, 1.165) is 38.1 Å². The molecule has 0 aromatic carbocycles. The molecule has 32 heavy (non-hydrogen) atoms. The van der Waals surface area contributed by atoms with Gasteiger partial charge >= 0.3 is 18.1 Å². The Morgan fingerprint density at radius 2 is 1.75 bits per heavy atom. The first-order chi connectivity index (χ1) is 15.0. The van der Waals surface area contributed by atoms with Crippen LogP contribution in [0.2, 0.25) is 0 Å². The number of hydrogen-bond acceptors (Lipinski definition) is 6. The number of aryl methyl sites for hydroxylation is 2. The van der Waals surface area contributed by atoms with E-state index in [1.807, 2.05) is 4.57 Å². The Hall–Kier alpha value is -3.45. The van der Waals surface area contributed by atoms with E-state index in [1.54, 1.807) is 17.7 Å². The van der Waals surface area contributed by atoms with Crippen molar-refractivity contribution in [1.29, 1.82) is 0 Å². The molecule has 4 heterocycles. The van der Waals surface area contributed by atoms with Gasteiger partial charge in [-0.25, -0.2) is 14.6 Å². The topological polar surface area (TPSA) is 143 Å². The Kier molecular flexibility index (Phi) is 6.50. The zero-order valence-electron chi connectivity index (χ0n) is 17.0. The van der Waals surface area contributed by atoms with E-state index in [4.69, 9.17) is 9.90 Å². The zero-order valence-corrected chi connectivity index (χ0v) is 17.0. The predicted molar refractivity (Wildman–Crippen MR) is 99.5 cm³/mol. The van der Waals surface area contributed by atoms with Crippen LogP contribution in [0.4, 0.5) is 13.2 Å². The first-order valence-electron chi connectivity index (χ1n) is 9.77. The molecule has 0 saturated heterocycles. The predicted octanol–water partition coefficient (Wildman–Crippen LogP) is 1.25. The second kappa shape index (κ2) is 8.96. The van der Waals surface area contributed by atoms with E-state index in [-0.39, 0.29) is 19.0 Å². The number of alkyl halides is 3. The van der Waals surface area contributed by atoms with E-state index < -0.39 is 24.2 Å². The van der Waals surface area contributed by atoms with Crippen molar-refractivity contribution in [3.05, 3.63) is 29.4 Å². The number of amides is 1. The van der Waals surface area contributed by atoms with Crippen molar-refractivity contribution in [1.82, 2.24) is 29.2 Å². The summed E-state index contributed by atoms with van der Waals surface area (Å²) in [6, 6.07) is -0.938. The van der Waals surface area contributed by atoms with E-state index >= 15 is 0 Å². The molecule has 0 spiro atoms. The fraction of sp³-hybridized carbons (Fsp3) is 0.556. The van der Waals surface area contributed by atoms with E-state index in [2.05, 4.69) is 15.2 Å². The number of aromatic nitrogens is 5. The molecule has 1 unspecified atom stereocenters. The van der Waals surface area contributed by atoms with Crippen LogP contribution in [-0.2, 0) is 35.6 Å². The SMILES string of the molecule is Cc1nnc2n1CC(C(=O)O)N(C(=O)c1cnc3n1CCCCC3)C2.O=C(O)C(F)(F)F. The summed E-state index contributed by atoms with van der Waals surface area (Å²) in [5, 5.41) is 24.8. The quantitative estimate of drug-likeness (QED) is 0.685. The number of imidazole rings is 1. The first-order valence-corrected chi connectivity index (χ1v) is 9.77. The average molecular weight is 458 g/mol. The third-order valence-electron chi connectivity index (χ3n) is 5.28. The summed E-state index contributed by atoms with van der Waals surface area (Å²) in [5.41, 5.74) is 0.466. The van der Waals surface area contributed by atoms with Crippen LogP contribution in [0.15, 0.2) is 6.20 Å². The molecule has 2 aromatic heterocycles. The van der Waals surface area contributed by atoms with Crippen molar-refractivity contribution in [2.24, 2.45) is 0 Å². The van der Waals surface area contributed by atoms with Crippen molar-refractivity contribution >= 4 is 17.8 Å². The number of nitrogens with zero attached hydrogens (tertiary/aromatic N) is 6. The molecular formula is C18H21F3N6O5. The molecule has 11 nitrogen and oxygen atoms in total. The smallest absolute Gasteiger partial charge is 0.480 e. The van der Waals surface area contributed by atoms with Crippen LogP contribution in [-0.4, -0.2) is 69.5 Å². The number of carbonyl (C=O) groups is 3. The largest absolute Gasteiger partial charge is 0.490 e. The molecule has 2 N–H and O–H groups in total. The number of rotatable bonds is 2. The highest BCUT2D eigenvalue weighted by Gasteiger charge is 2.39. The summed E-state index contributed by atoms with van der Waals surface area (Å²) >= 11 is 0. The van der Waals surface area contributed by atoms with Crippen LogP contribution in [0.3, 0.4) is 0 Å². The second-order valence-corrected chi connectivity index (χ2v) is 7.39. The van der Waals surface area contributed by atoms with Crippen molar-refractivity contribution in [3.8, 4) is 0 Å². The number of fused-ring (bicyclic) bond motifs is 2. The average Bonchev–Trinajstić information content (AvgIpc) is 3.21. The molecule has 2 aromatic rings. The fourth-order valence-electron chi connectivity index (χ4n) is 3.65. The molecule has 0 saturated carbocycles. The standard InChI is InChI=1S/C16H20N6O3.C2HF3O2/c1-10-18-19-14-9-22(12(16(24)25)8-21(10)14)15(23)11-7-17-13-5-3-2-4-6-20(11)13;3-2(4,5)1(6)7/h7,12H,2-6,8-9H2,1H3,(H,24,25);(H,6,7). The molecule has 0 bridgehead atoms. The van der Waals surface area contributed by atoms with Crippen molar-refractivity contribution in [3.63, 3.8) is 0 Å². The minimum Gasteiger partial charge on any atom is -0.480 e. The minimum absolute atomic E-state index is 0.136. The third-order valence-corrected chi connectivity index (χ3v) is 5.28. The van der Waals surface area contributed by atoms with Gasteiger partial charge in [-0.2, -0.15) is 13.2 Å². The molecule has 1 amide bonds. The summed E-state index contributed by atoms with van der Waals surface area (Å²) in [6.45, 7) is 2.83. The molecule has 1 atom stereocenters. The van der Waals surface area contributed by atoms with Gasteiger partial charge in [0.05, 0.1) is 19.3 Å². The summed E-state index contributed by atoms with van der Waals surface area (Å²) in [5.74, 6) is -1.91. The molecule has 0 radical (unpaired) electrons. The first kappa shape index (κ1) is 23.2. The number of carbonyl (C=O) groups excluding carboxylic acids is 1. The molecule has 2 aliphatic heterocycles. The summed E-state index contributed by atoms with van der Waals surface area (Å²) < 4.78 is 35.4. The highest BCUT2D eigenvalue weighted by atomic mass is 19.4. The van der Waals surface area contributed by atoms with Gasteiger partial charge in [-0.3, -0.25) is 4.79 Å². The van der Waals surface area contributed by atoms with Gasteiger partial charge in [-0.1, -0.05) is 6.42 Å². The van der Waals surface area contributed by atoms with Gasteiger partial charge < -0.3 is 24.2 Å². The number of halogens is 3. The van der Waals surface area contributed by atoms with Gasteiger partial charge in [0.25, 0.3) is 5.91 Å². The third kappa shape index (κ3) is 4.73. The van der Waals surface area contributed by atoms with Crippen LogP contribution >= 0.6 is 0 Å².